The van der Waals surface area contributed by atoms with Gasteiger partial charge in [0.1, 0.15) is 16.7 Å². The first-order valence-electron chi connectivity index (χ1n) is 10.8. The zero-order valence-corrected chi connectivity index (χ0v) is 20.7. The Kier molecular flexibility index (Phi) is 8.42. The number of nitrogens with zero attached hydrogens (tertiary/aromatic N) is 2. The van der Waals surface area contributed by atoms with Crippen LogP contribution < -0.4 is 21.7 Å². The van der Waals surface area contributed by atoms with Gasteiger partial charge in [-0.3, -0.25) is 19.3 Å². The fourth-order valence-electron chi connectivity index (χ4n) is 3.37. The standard InChI is InChI=1S/C24H25ClFN5O3S/c1-13(2)11-12-29-23(33)20(14-3-7-16(26)8-4-14)31(17-9-5-15(25)6-10-17)24(34)21-18(27)19(22(28)32)30-35-21/h3-10,13,20H,11-12,27H2,1-2H3,(H2,28,32)(H,29,33)/t20-/m0/s1. The quantitative estimate of drug-likeness (QED) is 0.392. The summed E-state index contributed by atoms with van der Waals surface area (Å²) in [6, 6.07) is 10.4. The number of aromatic nitrogens is 1. The second kappa shape index (κ2) is 11.3. The minimum atomic E-state index is -1.19. The van der Waals surface area contributed by atoms with Gasteiger partial charge in [0.2, 0.25) is 5.91 Å². The number of nitrogens with two attached hydrogens (primary N) is 2. The van der Waals surface area contributed by atoms with Crippen LogP contribution in [0.5, 0.6) is 0 Å². The van der Waals surface area contributed by atoms with Gasteiger partial charge in [0.25, 0.3) is 11.8 Å². The molecule has 35 heavy (non-hydrogen) atoms. The van der Waals surface area contributed by atoms with Gasteiger partial charge in [-0.25, -0.2) is 4.39 Å². The Morgan fingerprint density at radius 3 is 2.29 bits per heavy atom. The first-order valence-corrected chi connectivity index (χ1v) is 11.9. The van der Waals surface area contributed by atoms with Gasteiger partial charge < -0.3 is 16.8 Å². The van der Waals surface area contributed by atoms with E-state index >= 15 is 0 Å². The number of nitrogens with one attached hydrogen (secondary N) is 1. The Labute approximate surface area is 211 Å². The molecule has 0 saturated carbocycles. The Morgan fingerprint density at radius 2 is 1.74 bits per heavy atom. The van der Waals surface area contributed by atoms with Crippen LogP contribution in [-0.2, 0) is 4.79 Å². The summed E-state index contributed by atoms with van der Waals surface area (Å²) in [7, 11) is 0. The Balaban J connectivity index is 2.14. The fourth-order valence-corrected chi connectivity index (χ4v) is 4.24. The minimum Gasteiger partial charge on any atom is -0.395 e. The maximum atomic E-state index is 13.8. The molecule has 1 atom stereocenters. The Hall–Kier alpha value is -3.50. The third kappa shape index (κ3) is 6.14. The summed E-state index contributed by atoms with van der Waals surface area (Å²) in [6.07, 6.45) is 0.723. The predicted octanol–water partition coefficient (Wildman–Crippen LogP) is 4.17. The van der Waals surface area contributed by atoms with Crippen LogP contribution in [0, 0.1) is 11.7 Å². The number of rotatable bonds is 9. The number of carbonyl (C=O) groups is 3. The molecule has 0 aliphatic carbocycles. The molecule has 1 aromatic heterocycles. The highest BCUT2D eigenvalue weighted by Crippen LogP contribution is 2.33. The van der Waals surface area contributed by atoms with E-state index < -0.39 is 29.6 Å². The van der Waals surface area contributed by atoms with Crippen molar-refractivity contribution >= 4 is 52.2 Å². The van der Waals surface area contributed by atoms with Crippen LogP contribution >= 0.6 is 23.1 Å². The average Bonchev–Trinajstić information content (AvgIpc) is 3.20. The van der Waals surface area contributed by atoms with Gasteiger partial charge in [-0.15, -0.1) is 0 Å². The van der Waals surface area contributed by atoms with Crippen molar-refractivity contribution in [3.05, 3.63) is 75.5 Å². The second-order valence-corrected chi connectivity index (χ2v) is 9.43. The summed E-state index contributed by atoms with van der Waals surface area (Å²) in [5, 5.41) is 3.29. The van der Waals surface area contributed by atoms with Gasteiger partial charge in [-0.2, -0.15) is 4.37 Å². The zero-order valence-electron chi connectivity index (χ0n) is 19.1. The summed E-state index contributed by atoms with van der Waals surface area (Å²) in [6.45, 7) is 4.43. The van der Waals surface area contributed by atoms with Crippen LogP contribution in [0.25, 0.3) is 0 Å². The normalized spacial score (nSPS) is 11.8. The number of halogens is 2. The van der Waals surface area contributed by atoms with Crippen molar-refractivity contribution in [1.82, 2.24) is 9.69 Å². The first-order chi connectivity index (χ1) is 16.6. The molecule has 3 rings (SSSR count). The fraction of sp³-hybridized carbons (Fsp3) is 0.250. The summed E-state index contributed by atoms with van der Waals surface area (Å²) in [5.41, 5.74) is 11.6. The van der Waals surface area contributed by atoms with E-state index in [1.807, 2.05) is 13.8 Å². The third-order valence-electron chi connectivity index (χ3n) is 5.19. The van der Waals surface area contributed by atoms with Gasteiger partial charge >= 0.3 is 0 Å². The van der Waals surface area contributed by atoms with Crippen molar-refractivity contribution in [2.45, 2.75) is 26.3 Å². The number of anilines is 2. The molecule has 5 N–H and O–H groups in total. The Morgan fingerprint density at radius 1 is 1.11 bits per heavy atom. The maximum Gasteiger partial charge on any atom is 0.273 e. The molecule has 3 aromatic rings. The Bertz CT molecular complexity index is 1210. The van der Waals surface area contributed by atoms with Gasteiger partial charge in [0.15, 0.2) is 5.69 Å². The molecule has 2 aromatic carbocycles. The molecule has 0 saturated heterocycles. The van der Waals surface area contributed by atoms with Crippen LogP contribution in [-0.4, -0.2) is 28.6 Å². The van der Waals surface area contributed by atoms with Crippen molar-refractivity contribution in [3.63, 3.8) is 0 Å². The molecular formula is C24H25ClFN5O3S. The van der Waals surface area contributed by atoms with Crippen LogP contribution in [0.3, 0.4) is 0 Å². The third-order valence-corrected chi connectivity index (χ3v) is 6.30. The lowest BCUT2D eigenvalue weighted by Crippen LogP contribution is -2.44. The molecule has 8 nitrogen and oxygen atoms in total. The van der Waals surface area contributed by atoms with Crippen molar-refractivity contribution in [3.8, 4) is 0 Å². The van der Waals surface area contributed by atoms with E-state index in [-0.39, 0.29) is 16.3 Å². The van der Waals surface area contributed by atoms with E-state index in [1.165, 1.54) is 29.2 Å². The number of primary amides is 1. The van der Waals surface area contributed by atoms with E-state index in [9.17, 15) is 18.8 Å². The van der Waals surface area contributed by atoms with E-state index in [0.717, 1.165) is 6.42 Å². The molecule has 0 aliphatic heterocycles. The van der Waals surface area contributed by atoms with Gasteiger partial charge in [-0.1, -0.05) is 37.6 Å². The number of hydrogen-bond donors (Lipinski definition) is 3. The maximum absolute atomic E-state index is 13.8. The first kappa shape index (κ1) is 26.1. The number of benzene rings is 2. The highest BCUT2D eigenvalue weighted by atomic mass is 35.5. The van der Waals surface area contributed by atoms with Crippen molar-refractivity contribution in [1.29, 1.82) is 0 Å². The lowest BCUT2D eigenvalue weighted by molar-refractivity contribution is -0.122. The van der Waals surface area contributed by atoms with Crippen LogP contribution in [0.2, 0.25) is 5.02 Å². The van der Waals surface area contributed by atoms with Crippen LogP contribution in [0.15, 0.2) is 48.5 Å². The van der Waals surface area contributed by atoms with E-state index in [0.29, 0.717) is 40.3 Å². The van der Waals surface area contributed by atoms with Crippen LogP contribution in [0.1, 0.15) is 52.0 Å². The molecule has 0 aliphatic rings. The van der Waals surface area contributed by atoms with E-state index in [4.69, 9.17) is 23.1 Å². The molecule has 0 spiro atoms. The summed E-state index contributed by atoms with van der Waals surface area (Å²) < 4.78 is 17.6. The number of carbonyl (C=O) groups excluding carboxylic acids is 3. The van der Waals surface area contributed by atoms with Gasteiger partial charge in [0.05, 0.1) is 5.69 Å². The van der Waals surface area contributed by atoms with Gasteiger partial charge in [-0.05, 0) is 65.8 Å². The molecule has 184 valence electrons. The monoisotopic (exact) mass is 517 g/mol. The summed E-state index contributed by atoms with van der Waals surface area (Å²) >= 11 is 6.75. The van der Waals surface area contributed by atoms with Crippen molar-refractivity contribution in [2.24, 2.45) is 11.7 Å². The number of hydrogen-bond acceptors (Lipinski definition) is 6. The lowest BCUT2D eigenvalue weighted by atomic mass is 10.0. The zero-order chi connectivity index (χ0) is 25.7. The molecule has 0 radical (unpaired) electrons. The highest BCUT2D eigenvalue weighted by molar-refractivity contribution is 7.09. The largest absolute Gasteiger partial charge is 0.395 e. The van der Waals surface area contributed by atoms with E-state index in [2.05, 4.69) is 9.69 Å². The van der Waals surface area contributed by atoms with Crippen molar-refractivity contribution < 1.29 is 18.8 Å². The molecular weight excluding hydrogens is 493 g/mol. The minimum absolute atomic E-state index is 0.0594. The smallest absolute Gasteiger partial charge is 0.273 e. The highest BCUT2D eigenvalue weighted by Gasteiger charge is 2.36. The summed E-state index contributed by atoms with van der Waals surface area (Å²) in [5.74, 6) is -2.17. The SMILES string of the molecule is CC(C)CCNC(=O)[C@H](c1ccc(F)cc1)N(C(=O)c1snc(C(N)=O)c1N)c1ccc(Cl)cc1. The van der Waals surface area contributed by atoms with Crippen LogP contribution in [0.4, 0.5) is 15.8 Å². The lowest BCUT2D eigenvalue weighted by Gasteiger charge is -2.31. The molecule has 0 bridgehead atoms. The number of amides is 3. The molecule has 3 amide bonds. The molecule has 1 heterocycles. The molecule has 11 heteroatoms. The molecule has 0 unspecified atom stereocenters. The average molecular weight is 518 g/mol. The van der Waals surface area contributed by atoms with E-state index in [1.54, 1.807) is 24.3 Å². The summed E-state index contributed by atoms with van der Waals surface area (Å²) in [4.78, 5) is 40.1. The topological polar surface area (TPSA) is 131 Å². The second-order valence-electron chi connectivity index (χ2n) is 8.22. The predicted molar refractivity (Wildman–Crippen MR) is 135 cm³/mol. The van der Waals surface area contributed by atoms with Gasteiger partial charge in [0, 0.05) is 17.3 Å². The number of nitrogen functional groups attached to an aromatic ring is 1. The molecule has 0 fully saturated rings. The van der Waals surface area contributed by atoms with Crippen molar-refractivity contribution in [2.75, 3.05) is 17.2 Å².